The molecule has 2 saturated carbocycles. The molecule has 0 spiro atoms. The summed E-state index contributed by atoms with van der Waals surface area (Å²) in [5, 5.41) is 2.92. The number of imidazole rings is 1. The molecule has 0 radical (unpaired) electrons. The van der Waals surface area contributed by atoms with Gasteiger partial charge in [0, 0.05) is 54.6 Å². The third kappa shape index (κ3) is 4.59. The lowest BCUT2D eigenvalue weighted by Crippen LogP contribution is -2.40. The van der Waals surface area contributed by atoms with Gasteiger partial charge in [0.25, 0.3) is 5.91 Å². The number of amides is 2. The van der Waals surface area contributed by atoms with Gasteiger partial charge in [0.05, 0.1) is 0 Å². The molecule has 1 aromatic carbocycles. The van der Waals surface area contributed by atoms with E-state index in [0.29, 0.717) is 35.6 Å². The summed E-state index contributed by atoms with van der Waals surface area (Å²) in [5.41, 5.74) is 10.5. The highest BCUT2D eigenvalue weighted by Gasteiger charge is 2.42. The first kappa shape index (κ1) is 24.7. The third-order valence-corrected chi connectivity index (χ3v) is 8.63. The summed E-state index contributed by atoms with van der Waals surface area (Å²) in [6, 6.07) is 11.4. The fraction of sp³-hybridized carbons (Fsp3) is 0.387. The van der Waals surface area contributed by atoms with Crippen LogP contribution in [0, 0.1) is 11.8 Å². The minimum atomic E-state index is -0.208. The number of pyridine rings is 1. The Morgan fingerprint density at radius 1 is 1.02 bits per heavy atom. The molecule has 9 nitrogen and oxygen atoms in total. The number of hydrogen-bond donors (Lipinski definition) is 2. The van der Waals surface area contributed by atoms with Gasteiger partial charge in [-0.3, -0.25) is 14.0 Å². The second-order valence-electron chi connectivity index (χ2n) is 11.6. The quantitative estimate of drug-likeness (QED) is 0.364. The number of nitrogen functional groups attached to an aromatic ring is 1. The van der Waals surface area contributed by atoms with Crippen LogP contribution in [0.15, 0.2) is 55.0 Å². The van der Waals surface area contributed by atoms with Crippen LogP contribution in [0.5, 0.6) is 0 Å². The van der Waals surface area contributed by atoms with Crippen molar-refractivity contribution < 1.29 is 9.59 Å². The maximum absolute atomic E-state index is 13.0. The van der Waals surface area contributed by atoms with Crippen molar-refractivity contribution in [3.63, 3.8) is 0 Å². The summed E-state index contributed by atoms with van der Waals surface area (Å²) in [7, 11) is 0. The van der Waals surface area contributed by atoms with Crippen molar-refractivity contribution in [2.24, 2.45) is 11.8 Å². The van der Waals surface area contributed by atoms with E-state index in [2.05, 4.69) is 22.2 Å². The molecule has 40 heavy (non-hydrogen) atoms. The topological polar surface area (TPSA) is 119 Å². The third-order valence-electron chi connectivity index (χ3n) is 8.63. The van der Waals surface area contributed by atoms with Crippen molar-refractivity contribution in [1.82, 2.24) is 24.3 Å². The van der Waals surface area contributed by atoms with Gasteiger partial charge in [0.15, 0.2) is 0 Å². The molecule has 2 amide bonds. The number of carbonyl (C=O) groups is 2. The first-order valence-corrected chi connectivity index (χ1v) is 14.2. The lowest BCUT2D eigenvalue weighted by Gasteiger charge is -2.32. The lowest BCUT2D eigenvalue weighted by atomic mass is 9.96. The number of nitrogens with one attached hydrogen (secondary N) is 1. The average Bonchev–Trinajstić information content (AvgIpc) is 3.91. The van der Waals surface area contributed by atoms with E-state index >= 15 is 0 Å². The van der Waals surface area contributed by atoms with Crippen LogP contribution >= 0.6 is 0 Å². The first-order valence-electron chi connectivity index (χ1n) is 14.2. The maximum atomic E-state index is 13.0. The van der Waals surface area contributed by atoms with Crippen LogP contribution in [0.25, 0.3) is 16.8 Å². The van der Waals surface area contributed by atoms with Gasteiger partial charge in [-0.15, -0.1) is 0 Å². The Bertz CT molecular complexity index is 1610. The molecule has 4 aromatic rings. The summed E-state index contributed by atoms with van der Waals surface area (Å²) in [6.07, 6.45) is 10.6. The number of hydrogen-bond acceptors (Lipinski definition) is 6. The van der Waals surface area contributed by atoms with Gasteiger partial charge in [-0.25, -0.2) is 15.0 Å². The Kier molecular flexibility index (Phi) is 6.02. The largest absolute Gasteiger partial charge is 0.382 e. The molecular formula is C31H33N7O2. The van der Waals surface area contributed by atoms with Crippen molar-refractivity contribution in [3.8, 4) is 11.3 Å². The fourth-order valence-electron chi connectivity index (χ4n) is 6.02. The molecule has 7 rings (SSSR count). The molecular weight excluding hydrogens is 502 g/mol. The molecule has 1 saturated heterocycles. The van der Waals surface area contributed by atoms with Gasteiger partial charge in [-0.05, 0) is 73.8 Å². The summed E-state index contributed by atoms with van der Waals surface area (Å²) in [5.74, 6) is 3.31. The fourth-order valence-corrected chi connectivity index (χ4v) is 6.02. The van der Waals surface area contributed by atoms with Crippen LogP contribution in [-0.4, -0.2) is 49.2 Å². The molecule has 3 atom stereocenters. The predicted octanol–water partition coefficient (Wildman–Crippen LogP) is 4.87. The molecule has 3 fully saturated rings. The highest BCUT2D eigenvalue weighted by atomic mass is 16.2. The molecule has 0 bridgehead atoms. The molecule has 1 aliphatic heterocycles. The minimum Gasteiger partial charge on any atom is -0.382 e. The van der Waals surface area contributed by atoms with Crippen molar-refractivity contribution in [2.45, 2.75) is 50.9 Å². The van der Waals surface area contributed by atoms with Crippen LogP contribution in [0.3, 0.4) is 0 Å². The lowest BCUT2D eigenvalue weighted by molar-refractivity contribution is -0.134. The molecule has 204 valence electrons. The second-order valence-corrected chi connectivity index (χ2v) is 11.6. The molecule has 4 heterocycles. The van der Waals surface area contributed by atoms with E-state index in [1.54, 1.807) is 24.5 Å². The van der Waals surface area contributed by atoms with Gasteiger partial charge in [0.1, 0.15) is 28.7 Å². The number of likely N-dealkylation sites (tertiary alicyclic amines) is 1. The summed E-state index contributed by atoms with van der Waals surface area (Å²) in [6.45, 7) is 3.62. The SMILES string of the molecule is CC1CC1C(=O)N1CCC[C@@H](c2nc(-c3ccc(C(=O)Nc4cc(C5CC5)ccn4)cc3)c3c(N)nccn23)C1. The van der Waals surface area contributed by atoms with E-state index < -0.39 is 0 Å². The number of carbonyl (C=O) groups excluding carboxylic acids is 2. The highest BCUT2D eigenvalue weighted by Crippen LogP contribution is 2.41. The van der Waals surface area contributed by atoms with Gasteiger partial charge >= 0.3 is 0 Å². The molecule has 3 aromatic heterocycles. The number of nitrogens with zero attached hydrogens (tertiary/aromatic N) is 5. The Labute approximate surface area is 232 Å². The summed E-state index contributed by atoms with van der Waals surface area (Å²) in [4.78, 5) is 41.7. The summed E-state index contributed by atoms with van der Waals surface area (Å²) >= 11 is 0. The van der Waals surface area contributed by atoms with Crippen molar-refractivity contribution in [3.05, 3.63) is 71.9 Å². The van der Waals surface area contributed by atoms with Crippen LogP contribution in [-0.2, 0) is 4.79 Å². The van der Waals surface area contributed by atoms with Gasteiger partial charge in [-0.1, -0.05) is 19.1 Å². The van der Waals surface area contributed by atoms with Crippen LogP contribution in [0.2, 0.25) is 0 Å². The van der Waals surface area contributed by atoms with E-state index in [-0.39, 0.29) is 23.7 Å². The average molecular weight is 536 g/mol. The zero-order valence-corrected chi connectivity index (χ0v) is 22.6. The predicted molar refractivity (Wildman–Crippen MR) is 153 cm³/mol. The smallest absolute Gasteiger partial charge is 0.256 e. The number of aromatic nitrogens is 4. The van der Waals surface area contributed by atoms with Crippen molar-refractivity contribution in [2.75, 3.05) is 24.1 Å². The number of piperidine rings is 1. The van der Waals surface area contributed by atoms with E-state index in [1.807, 2.05) is 39.8 Å². The Morgan fingerprint density at radius 2 is 1.82 bits per heavy atom. The molecule has 2 aliphatic carbocycles. The van der Waals surface area contributed by atoms with E-state index in [9.17, 15) is 9.59 Å². The number of rotatable bonds is 6. The number of benzene rings is 1. The standard InChI is InChI=1S/C31H33N7O2/c1-18-15-24(18)31(40)37-13-2-3-23(17-37)29-36-26(27-28(32)34-12-14-38(27)29)20-6-8-21(9-7-20)30(39)35-25-16-22(10-11-33-25)19-4-5-19/h6-12,14,16,18-19,23-24H,2-5,13,15,17H2,1H3,(H2,32,34)(H,33,35,39)/t18?,23-,24?/m1/s1. The Balaban J connectivity index is 1.15. The molecule has 3 N–H and O–H groups in total. The van der Waals surface area contributed by atoms with Gasteiger partial charge in [0.2, 0.25) is 5.91 Å². The molecule has 9 heteroatoms. The minimum absolute atomic E-state index is 0.110. The molecule has 2 unspecified atom stereocenters. The zero-order chi connectivity index (χ0) is 27.4. The zero-order valence-electron chi connectivity index (χ0n) is 22.6. The van der Waals surface area contributed by atoms with E-state index in [0.717, 1.165) is 48.4 Å². The van der Waals surface area contributed by atoms with Crippen molar-refractivity contribution in [1.29, 1.82) is 0 Å². The van der Waals surface area contributed by atoms with Crippen molar-refractivity contribution >= 4 is 29.0 Å². The Morgan fingerprint density at radius 3 is 2.58 bits per heavy atom. The van der Waals surface area contributed by atoms with Crippen LogP contribution < -0.4 is 11.1 Å². The van der Waals surface area contributed by atoms with Gasteiger partial charge < -0.3 is 16.0 Å². The maximum Gasteiger partial charge on any atom is 0.256 e. The first-order chi connectivity index (χ1) is 19.5. The number of anilines is 2. The van der Waals surface area contributed by atoms with Gasteiger partial charge in [-0.2, -0.15) is 0 Å². The van der Waals surface area contributed by atoms with E-state index in [1.165, 1.54) is 18.4 Å². The number of nitrogens with two attached hydrogens (primary N) is 1. The highest BCUT2D eigenvalue weighted by molar-refractivity contribution is 6.04. The van der Waals surface area contributed by atoms with Crippen LogP contribution in [0.1, 0.15) is 72.6 Å². The number of fused-ring (bicyclic) bond motifs is 1. The monoisotopic (exact) mass is 535 g/mol. The normalized spacial score (nSPS) is 22.3. The van der Waals surface area contributed by atoms with Crippen LogP contribution in [0.4, 0.5) is 11.6 Å². The second kappa shape index (κ2) is 9.73. The molecule has 3 aliphatic rings. The van der Waals surface area contributed by atoms with E-state index in [4.69, 9.17) is 10.7 Å². The Hall–Kier alpha value is -4.27. The summed E-state index contributed by atoms with van der Waals surface area (Å²) < 4.78 is 2.02.